The zero-order valence-electron chi connectivity index (χ0n) is 17.2. The first-order valence-electron chi connectivity index (χ1n) is 11.1. The number of piperidine rings is 1. The summed E-state index contributed by atoms with van der Waals surface area (Å²) in [6, 6.07) is 9.99. The molecule has 2 heterocycles. The molecule has 1 aliphatic carbocycles. The number of hydrogen-bond acceptors (Lipinski definition) is 4. The van der Waals surface area contributed by atoms with Gasteiger partial charge in [-0.2, -0.15) is 5.10 Å². The summed E-state index contributed by atoms with van der Waals surface area (Å²) in [7, 11) is 0. The van der Waals surface area contributed by atoms with Crippen molar-refractivity contribution < 1.29 is 9.59 Å². The van der Waals surface area contributed by atoms with Crippen molar-refractivity contribution in [3.63, 3.8) is 0 Å². The SMILES string of the molecule is O=C(NC1CCN(CC2CCCC2)CC1)C1=NN(Cc2ccccc2)C(=O)CC1. The Morgan fingerprint density at radius 2 is 1.76 bits per heavy atom. The van der Waals surface area contributed by atoms with E-state index in [2.05, 4.69) is 15.3 Å². The Hall–Kier alpha value is -2.21. The summed E-state index contributed by atoms with van der Waals surface area (Å²) in [4.78, 5) is 27.5. The first-order chi connectivity index (χ1) is 14.2. The van der Waals surface area contributed by atoms with Crippen LogP contribution in [0.3, 0.4) is 0 Å². The molecule has 4 rings (SSSR count). The highest BCUT2D eigenvalue weighted by Crippen LogP contribution is 2.26. The third-order valence-corrected chi connectivity index (χ3v) is 6.46. The summed E-state index contributed by atoms with van der Waals surface area (Å²) in [5, 5.41) is 8.99. The molecule has 0 aromatic heterocycles. The number of carbonyl (C=O) groups is 2. The van der Waals surface area contributed by atoms with E-state index in [0.29, 0.717) is 25.1 Å². The molecule has 1 saturated heterocycles. The van der Waals surface area contributed by atoms with Crippen LogP contribution in [-0.4, -0.2) is 53.1 Å². The van der Waals surface area contributed by atoms with Gasteiger partial charge < -0.3 is 10.2 Å². The van der Waals surface area contributed by atoms with Crippen LogP contribution in [0, 0.1) is 5.92 Å². The molecule has 0 radical (unpaired) electrons. The number of hydrazone groups is 1. The van der Waals surface area contributed by atoms with Gasteiger partial charge in [0.05, 0.1) is 6.54 Å². The van der Waals surface area contributed by atoms with Gasteiger partial charge >= 0.3 is 0 Å². The van der Waals surface area contributed by atoms with E-state index in [9.17, 15) is 9.59 Å². The molecule has 0 atom stereocenters. The molecule has 1 N–H and O–H groups in total. The zero-order valence-corrected chi connectivity index (χ0v) is 17.2. The molecular formula is C23H32N4O2. The average Bonchev–Trinajstić information content (AvgIpc) is 3.25. The van der Waals surface area contributed by atoms with Gasteiger partial charge in [-0.3, -0.25) is 9.59 Å². The summed E-state index contributed by atoms with van der Waals surface area (Å²) >= 11 is 0. The van der Waals surface area contributed by atoms with Gasteiger partial charge in [0.2, 0.25) is 5.91 Å². The van der Waals surface area contributed by atoms with Gasteiger partial charge in [-0.25, -0.2) is 5.01 Å². The Balaban J connectivity index is 1.27. The van der Waals surface area contributed by atoms with Crippen LogP contribution < -0.4 is 5.32 Å². The first kappa shape index (κ1) is 20.1. The van der Waals surface area contributed by atoms with E-state index in [4.69, 9.17) is 0 Å². The van der Waals surface area contributed by atoms with E-state index in [1.807, 2.05) is 30.3 Å². The second kappa shape index (κ2) is 9.53. The van der Waals surface area contributed by atoms with Gasteiger partial charge in [-0.05, 0) is 37.2 Å². The van der Waals surface area contributed by atoms with E-state index >= 15 is 0 Å². The molecule has 2 amide bonds. The smallest absolute Gasteiger partial charge is 0.267 e. The molecule has 0 unspecified atom stereocenters. The number of nitrogens with zero attached hydrogens (tertiary/aromatic N) is 3. The fraction of sp³-hybridized carbons (Fsp3) is 0.609. The van der Waals surface area contributed by atoms with Gasteiger partial charge in [-0.1, -0.05) is 43.2 Å². The maximum Gasteiger partial charge on any atom is 0.267 e. The third-order valence-electron chi connectivity index (χ3n) is 6.46. The minimum absolute atomic E-state index is 0.0226. The highest BCUT2D eigenvalue weighted by atomic mass is 16.2. The number of nitrogens with one attached hydrogen (secondary N) is 1. The molecule has 6 nitrogen and oxygen atoms in total. The molecular weight excluding hydrogens is 364 g/mol. The Morgan fingerprint density at radius 1 is 1.03 bits per heavy atom. The molecule has 2 fully saturated rings. The molecule has 3 aliphatic rings. The van der Waals surface area contributed by atoms with Crippen LogP contribution in [0.25, 0.3) is 0 Å². The predicted octanol–water partition coefficient (Wildman–Crippen LogP) is 2.94. The normalized spacial score (nSPS) is 22.0. The molecule has 29 heavy (non-hydrogen) atoms. The lowest BCUT2D eigenvalue weighted by molar-refractivity contribution is -0.132. The molecule has 6 heteroatoms. The third kappa shape index (κ3) is 5.44. The maximum atomic E-state index is 12.7. The highest BCUT2D eigenvalue weighted by Gasteiger charge is 2.28. The van der Waals surface area contributed by atoms with Crippen molar-refractivity contribution in [1.82, 2.24) is 15.2 Å². The molecule has 0 bridgehead atoms. The lowest BCUT2D eigenvalue weighted by Crippen LogP contribution is -2.48. The summed E-state index contributed by atoms with van der Waals surface area (Å²) in [5.41, 5.74) is 1.50. The second-order valence-electron chi connectivity index (χ2n) is 8.68. The Bertz CT molecular complexity index is 735. The number of hydrogen-bond donors (Lipinski definition) is 1. The standard InChI is InChI=1S/C23H32N4O2/c28-22-11-10-21(25-27(22)17-19-6-2-1-3-7-19)23(29)24-20-12-14-26(15-13-20)16-18-8-4-5-9-18/h1-3,6-7,18,20H,4-5,8-17H2,(H,24,29). The lowest BCUT2D eigenvalue weighted by Gasteiger charge is -2.34. The number of carbonyl (C=O) groups excluding carboxylic acids is 2. The molecule has 156 valence electrons. The van der Waals surface area contributed by atoms with E-state index in [0.717, 1.165) is 37.4 Å². The van der Waals surface area contributed by atoms with Crippen LogP contribution in [0.1, 0.15) is 56.9 Å². The summed E-state index contributed by atoms with van der Waals surface area (Å²) in [5.74, 6) is 0.751. The number of benzene rings is 1. The van der Waals surface area contributed by atoms with Crippen molar-refractivity contribution >= 4 is 17.5 Å². The minimum Gasteiger partial charge on any atom is -0.348 e. The van der Waals surface area contributed by atoms with Crippen molar-refractivity contribution in [3.8, 4) is 0 Å². The molecule has 0 spiro atoms. The van der Waals surface area contributed by atoms with E-state index < -0.39 is 0 Å². The van der Waals surface area contributed by atoms with Crippen molar-refractivity contribution in [3.05, 3.63) is 35.9 Å². The first-order valence-corrected chi connectivity index (χ1v) is 11.1. The van der Waals surface area contributed by atoms with Gasteiger partial charge in [0.25, 0.3) is 5.91 Å². The number of amides is 2. The van der Waals surface area contributed by atoms with Gasteiger partial charge in [0.15, 0.2) is 0 Å². The van der Waals surface area contributed by atoms with Gasteiger partial charge in [-0.15, -0.1) is 0 Å². The van der Waals surface area contributed by atoms with Crippen LogP contribution in [-0.2, 0) is 16.1 Å². The topological polar surface area (TPSA) is 65.0 Å². The average molecular weight is 397 g/mol. The van der Waals surface area contributed by atoms with Gasteiger partial charge in [0.1, 0.15) is 5.71 Å². The Morgan fingerprint density at radius 3 is 2.48 bits per heavy atom. The summed E-state index contributed by atoms with van der Waals surface area (Å²) in [6.07, 6.45) is 8.32. The maximum absolute atomic E-state index is 12.7. The Kier molecular flexibility index (Phi) is 6.60. The fourth-order valence-corrected chi connectivity index (χ4v) is 4.73. The fourth-order valence-electron chi connectivity index (χ4n) is 4.73. The minimum atomic E-state index is -0.107. The van der Waals surface area contributed by atoms with Crippen LogP contribution in [0.15, 0.2) is 35.4 Å². The second-order valence-corrected chi connectivity index (χ2v) is 8.68. The zero-order chi connectivity index (χ0) is 20.1. The van der Waals surface area contributed by atoms with Crippen LogP contribution in [0.5, 0.6) is 0 Å². The van der Waals surface area contributed by atoms with Crippen LogP contribution in [0.2, 0.25) is 0 Å². The Labute approximate surface area is 173 Å². The number of rotatable bonds is 6. The van der Waals surface area contributed by atoms with E-state index in [1.54, 1.807) is 0 Å². The van der Waals surface area contributed by atoms with Crippen molar-refractivity contribution in [2.45, 2.75) is 64.0 Å². The number of likely N-dealkylation sites (tertiary alicyclic amines) is 1. The van der Waals surface area contributed by atoms with Gasteiger partial charge in [0, 0.05) is 38.5 Å². The van der Waals surface area contributed by atoms with Crippen LogP contribution >= 0.6 is 0 Å². The monoisotopic (exact) mass is 396 g/mol. The largest absolute Gasteiger partial charge is 0.348 e. The van der Waals surface area contributed by atoms with Crippen molar-refractivity contribution in [2.75, 3.05) is 19.6 Å². The van der Waals surface area contributed by atoms with E-state index in [-0.39, 0.29) is 17.9 Å². The van der Waals surface area contributed by atoms with Crippen molar-refractivity contribution in [2.24, 2.45) is 11.0 Å². The van der Waals surface area contributed by atoms with Crippen molar-refractivity contribution in [1.29, 1.82) is 0 Å². The highest BCUT2D eigenvalue weighted by molar-refractivity contribution is 6.39. The summed E-state index contributed by atoms with van der Waals surface area (Å²) < 4.78 is 0. The molecule has 1 aromatic carbocycles. The predicted molar refractivity (Wildman–Crippen MR) is 113 cm³/mol. The molecule has 2 aliphatic heterocycles. The van der Waals surface area contributed by atoms with Crippen LogP contribution in [0.4, 0.5) is 0 Å². The molecule has 1 saturated carbocycles. The van der Waals surface area contributed by atoms with E-state index in [1.165, 1.54) is 37.2 Å². The quantitative estimate of drug-likeness (QED) is 0.804. The lowest BCUT2D eigenvalue weighted by atomic mass is 10.0. The summed E-state index contributed by atoms with van der Waals surface area (Å²) in [6.45, 7) is 3.76. The molecule has 1 aromatic rings.